The van der Waals surface area contributed by atoms with Crippen LogP contribution >= 0.6 is 11.8 Å². The van der Waals surface area contributed by atoms with Crippen LogP contribution in [-0.2, 0) is 6.67 Å². The number of thioether (sulfide) groups is 1. The number of non-ortho nitro benzene ring substituents is 1. The summed E-state index contributed by atoms with van der Waals surface area (Å²) in [5, 5.41) is 20.3. The molecule has 1 aliphatic heterocycles. The summed E-state index contributed by atoms with van der Waals surface area (Å²) >= 11 is 1.60. The Kier molecular flexibility index (Phi) is 3.89. The van der Waals surface area contributed by atoms with Crippen molar-refractivity contribution in [3.05, 3.63) is 64.2 Å². The minimum Gasteiger partial charge on any atom is -0.344 e. The molecule has 1 aliphatic rings. The van der Waals surface area contributed by atoms with Crippen LogP contribution in [0.4, 0.5) is 11.4 Å². The van der Waals surface area contributed by atoms with Crippen LogP contribution in [0.3, 0.4) is 0 Å². The first kappa shape index (κ1) is 15.6. The molecule has 0 saturated heterocycles. The van der Waals surface area contributed by atoms with Crippen LogP contribution in [0.5, 0.6) is 0 Å². The van der Waals surface area contributed by atoms with Crippen molar-refractivity contribution in [2.24, 2.45) is 0 Å². The average molecular weight is 353 g/mol. The van der Waals surface area contributed by atoms with Gasteiger partial charge in [0.1, 0.15) is 0 Å². The van der Waals surface area contributed by atoms with E-state index in [0.29, 0.717) is 18.1 Å². The van der Waals surface area contributed by atoms with Crippen LogP contribution in [0.25, 0.3) is 11.4 Å². The number of hydrogen-bond acceptors (Lipinski definition) is 6. The highest BCUT2D eigenvalue weighted by Gasteiger charge is 2.23. The van der Waals surface area contributed by atoms with Gasteiger partial charge in [0.25, 0.3) is 5.69 Å². The van der Waals surface area contributed by atoms with Gasteiger partial charge in [0, 0.05) is 23.4 Å². The summed E-state index contributed by atoms with van der Waals surface area (Å²) in [6.07, 6.45) is 0. The summed E-state index contributed by atoms with van der Waals surface area (Å²) in [6, 6.07) is 14.9. The van der Waals surface area contributed by atoms with Gasteiger partial charge in [0.05, 0.1) is 17.5 Å². The zero-order valence-electron chi connectivity index (χ0n) is 13.5. The molecular weight excluding hydrogens is 338 g/mol. The van der Waals surface area contributed by atoms with Crippen LogP contribution in [0.2, 0.25) is 0 Å². The molecule has 0 unspecified atom stereocenters. The molecule has 0 spiro atoms. The lowest BCUT2D eigenvalue weighted by Crippen LogP contribution is -2.30. The van der Waals surface area contributed by atoms with Crippen molar-refractivity contribution in [1.29, 1.82) is 0 Å². The van der Waals surface area contributed by atoms with Gasteiger partial charge in [-0.1, -0.05) is 41.6 Å². The van der Waals surface area contributed by atoms with Gasteiger partial charge in [-0.05, 0) is 19.1 Å². The molecule has 7 nitrogen and oxygen atoms in total. The van der Waals surface area contributed by atoms with Crippen LogP contribution in [-0.4, -0.2) is 25.6 Å². The second-order valence-electron chi connectivity index (χ2n) is 5.83. The van der Waals surface area contributed by atoms with E-state index in [4.69, 9.17) is 0 Å². The molecular formula is C17H15N5O2S. The number of nitro groups is 1. The maximum absolute atomic E-state index is 11.0. The molecule has 0 atom stereocenters. The summed E-state index contributed by atoms with van der Waals surface area (Å²) in [4.78, 5) is 12.9. The average Bonchev–Trinajstić information content (AvgIpc) is 3.05. The Morgan fingerprint density at radius 3 is 2.72 bits per heavy atom. The zero-order valence-corrected chi connectivity index (χ0v) is 14.3. The first-order valence-electron chi connectivity index (χ1n) is 7.74. The topological polar surface area (TPSA) is 77.1 Å². The van der Waals surface area contributed by atoms with E-state index in [1.54, 1.807) is 17.8 Å². The van der Waals surface area contributed by atoms with Gasteiger partial charge >= 0.3 is 0 Å². The third-order valence-corrected chi connectivity index (χ3v) is 5.09. The Morgan fingerprint density at radius 2 is 1.96 bits per heavy atom. The minimum absolute atomic E-state index is 0.0497. The number of nitrogens with zero attached hydrogens (tertiary/aromatic N) is 5. The zero-order chi connectivity index (χ0) is 17.4. The van der Waals surface area contributed by atoms with Crippen molar-refractivity contribution in [2.45, 2.75) is 18.7 Å². The third-order valence-electron chi connectivity index (χ3n) is 4.09. The van der Waals surface area contributed by atoms with Crippen LogP contribution in [0.1, 0.15) is 5.56 Å². The number of fused-ring (bicyclic) bond motifs is 1. The molecule has 0 radical (unpaired) electrons. The van der Waals surface area contributed by atoms with E-state index in [1.165, 1.54) is 17.7 Å². The first-order valence-corrected chi connectivity index (χ1v) is 8.73. The van der Waals surface area contributed by atoms with E-state index in [0.717, 1.165) is 16.7 Å². The van der Waals surface area contributed by atoms with E-state index in [-0.39, 0.29) is 5.69 Å². The Balaban J connectivity index is 1.68. The van der Waals surface area contributed by atoms with Crippen molar-refractivity contribution in [2.75, 3.05) is 10.8 Å². The van der Waals surface area contributed by atoms with Gasteiger partial charge < -0.3 is 4.90 Å². The molecule has 4 rings (SSSR count). The molecule has 0 aliphatic carbocycles. The predicted octanol–water partition coefficient (Wildman–Crippen LogP) is 3.69. The lowest BCUT2D eigenvalue weighted by atomic mass is 10.2. The number of benzene rings is 2. The second-order valence-corrected chi connectivity index (χ2v) is 6.74. The van der Waals surface area contributed by atoms with Crippen molar-refractivity contribution in [3.8, 4) is 11.4 Å². The smallest absolute Gasteiger partial charge is 0.270 e. The largest absolute Gasteiger partial charge is 0.344 e. The number of rotatable bonds is 3. The molecule has 0 saturated carbocycles. The fourth-order valence-corrected chi connectivity index (χ4v) is 3.65. The summed E-state index contributed by atoms with van der Waals surface area (Å²) in [7, 11) is 0. The molecule has 126 valence electrons. The molecule has 25 heavy (non-hydrogen) atoms. The van der Waals surface area contributed by atoms with E-state index in [9.17, 15) is 10.1 Å². The van der Waals surface area contributed by atoms with Crippen LogP contribution in [0.15, 0.2) is 53.7 Å². The lowest BCUT2D eigenvalue weighted by molar-refractivity contribution is -0.384. The summed E-state index contributed by atoms with van der Waals surface area (Å²) < 4.78 is 1.99. The molecule has 0 amide bonds. The SMILES string of the molecule is Cc1ccc(N2CSc3nnc(-c4cccc([N+](=O)[O-])c4)n3C2)cc1. The highest BCUT2D eigenvalue weighted by Crippen LogP contribution is 2.32. The normalized spacial score (nSPS) is 13.6. The van der Waals surface area contributed by atoms with Gasteiger partial charge in [-0.25, -0.2) is 0 Å². The summed E-state index contributed by atoms with van der Waals surface area (Å²) in [5.74, 6) is 1.43. The molecule has 3 aromatic rings. The van der Waals surface area contributed by atoms with Crippen molar-refractivity contribution in [3.63, 3.8) is 0 Å². The van der Waals surface area contributed by atoms with E-state index in [2.05, 4.69) is 46.3 Å². The summed E-state index contributed by atoms with van der Waals surface area (Å²) in [6.45, 7) is 2.67. The van der Waals surface area contributed by atoms with E-state index in [1.807, 2.05) is 10.6 Å². The summed E-state index contributed by atoms with van der Waals surface area (Å²) in [5.41, 5.74) is 3.09. The fraction of sp³-hybridized carbons (Fsp3) is 0.176. The first-order chi connectivity index (χ1) is 12.1. The van der Waals surface area contributed by atoms with Gasteiger partial charge in [0.15, 0.2) is 11.0 Å². The third kappa shape index (κ3) is 2.96. The highest BCUT2D eigenvalue weighted by molar-refractivity contribution is 7.99. The van der Waals surface area contributed by atoms with Crippen molar-refractivity contribution >= 4 is 23.1 Å². The van der Waals surface area contributed by atoms with Gasteiger partial charge in [0.2, 0.25) is 0 Å². The van der Waals surface area contributed by atoms with E-state index >= 15 is 0 Å². The molecule has 0 N–H and O–H groups in total. The fourth-order valence-electron chi connectivity index (χ4n) is 2.75. The predicted molar refractivity (Wildman–Crippen MR) is 96.5 cm³/mol. The number of aromatic nitrogens is 3. The number of nitro benzene ring substituents is 1. The van der Waals surface area contributed by atoms with Gasteiger partial charge in [-0.2, -0.15) is 0 Å². The number of hydrogen-bond donors (Lipinski definition) is 0. The molecule has 8 heteroatoms. The maximum Gasteiger partial charge on any atom is 0.270 e. The Hall–Kier alpha value is -2.87. The van der Waals surface area contributed by atoms with Gasteiger partial charge in [-0.15, -0.1) is 10.2 Å². The van der Waals surface area contributed by atoms with E-state index < -0.39 is 4.92 Å². The van der Waals surface area contributed by atoms with Crippen molar-refractivity contribution in [1.82, 2.24) is 14.8 Å². The maximum atomic E-state index is 11.0. The molecule has 0 fully saturated rings. The quantitative estimate of drug-likeness (QED) is 0.528. The Labute approximate surface area is 148 Å². The monoisotopic (exact) mass is 353 g/mol. The highest BCUT2D eigenvalue weighted by atomic mass is 32.2. The number of anilines is 1. The second kappa shape index (κ2) is 6.21. The van der Waals surface area contributed by atoms with Crippen LogP contribution < -0.4 is 4.90 Å². The molecule has 2 aromatic carbocycles. The Bertz CT molecular complexity index is 938. The van der Waals surface area contributed by atoms with Gasteiger partial charge in [-0.3, -0.25) is 14.7 Å². The molecule has 2 heterocycles. The number of aryl methyl sites for hydroxylation is 1. The standard InChI is InChI=1S/C17H15N5O2S/c1-12-5-7-14(8-6-12)20-10-21-16(18-19-17(21)25-11-20)13-3-2-4-15(9-13)22(23)24/h2-9H,10-11H2,1H3. The molecule has 1 aromatic heterocycles. The van der Waals surface area contributed by atoms with Crippen molar-refractivity contribution < 1.29 is 4.92 Å². The van der Waals surface area contributed by atoms with Crippen LogP contribution in [0, 0.1) is 17.0 Å². The molecule has 0 bridgehead atoms. The lowest BCUT2D eigenvalue weighted by Gasteiger charge is -2.29. The Morgan fingerprint density at radius 1 is 1.16 bits per heavy atom. The minimum atomic E-state index is -0.398.